The van der Waals surface area contributed by atoms with Gasteiger partial charge in [-0.05, 0) is 26.3 Å². The molecule has 0 unspecified atom stereocenters. The van der Waals surface area contributed by atoms with Crippen molar-refractivity contribution in [2.75, 3.05) is 37.7 Å². The first-order chi connectivity index (χ1) is 8.48. The highest BCUT2D eigenvalue weighted by molar-refractivity contribution is 7.91. The zero-order chi connectivity index (χ0) is 13.6. The fourth-order valence-corrected chi connectivity index (χ4v) is 2.95. The molecule has 5 nitrogen and oxygen atoms in total. The van der Waals surface area contributed by atoms with Crippen LogP contribution in [0.5, 0.6) is 0 Å². The Labute approximate surface area is 109 Å². The molecule has 0 aromatic carbocycles. The van der Waals surface area contributed by atoms with Gasteiger partial charge in [0.1, 0.15) is 0 Å². The second-order valence-electron chi connectivity index (χ2n) is 4.63. The van der Waals surface area contributed by atoms with Gasteiger partial charge in [0.25, 0.3) is 0 Å². The Bertz CT molecular complexity index is 366. The van der Waals surface area contributed by atoms with E-state index in [9.17, 15) is 13.2 Å². The number of nitrogens with zero attached hydrogens (tertiary/aromatic N) is 1. The third-order valence-corrected chi connectivity index (χ3v) is 4.97. The van der Waals surface area contributed by atoms with E-state index in [4.69, 9.17) is 4.74 Å². The first-order valence-corrected chi connectivity index (χ1v) is 8.40. The van der Waals surface area contributed by atoms with Crippen molar-refractivity contribution in [3.8, 4) is 0 Å². The van der Waals surface area contributed by atoms with Crippen molar-refractivity contribution in [2.45, 2.75) is 26.7 Å². The van der Waals surface area contributed by atoms with Crippen LogP contribution in [0.15, 0.2) is 0 Å². The summed E-state index contributed by atoms with van der Waals surface area (Å²) in [5, 5.41) is 0. The molecule has 0 radical (unpaired) electrons. The van der Waals surface area contributed by atoms with Crippen molar-refractivity contribution < 1.29 is 17.9 Å². The van der Waals surface area contributed by atoms with Crippen molar-refractivity contribution in [3.63, 3.8) is 0 Å². The van der Waals surface area contributed by atoms with Gasteiger partial charge in [0.05, 0.1) is 18.3 Å². The molecule has 1 atom stereocenters. The van der Waals surface area contributed by atoms with Crippen LogP contribution in [0.2, 0.25) is 0 Å². The minimum absolute atomic E-state index is 0.0944. The van der Waals surface area contributed by atoms with E-state index in [1.54, 1.807) is 13.8 Å². The van der Waals surface area contributed by atoms with E-state index in [1.807, 2.05) is 0 Å². The van der Waals surface area contributed by atoms with Gasteiger partial charge in [0, 0.05) is 18.8 Å². The van der Waals surface area contributed by atoms with Crippen molar-refractivity contribution in [1.29, 1.82) is 0 Å². The average molecular weight is 277 g/mol. The number of carbonyl (C=O) groups is 1. The fourth-order valence-electron chi connectivity index (χ4n) is 2.12. The highest BCUT2D eigenvalue weighted by atomic mass is 32.2. The zero-order valence-corrected chi connectivity index (χ0v) is 12.0. The van der Waals surface area contributed by atoms with Gasteiger partial charge in [-0.15, -0.1) is 0 Å². The van der Waals surface area contributed by atoms with Crippen LogP contribution in [0.3, 0.4) is 0 Å². The molecule has 1 heterocycles. The minimum Gasteiger partial charge on any atom is -0.466 e. The minimum atomic E-state index is -2.92. The standard InChI is InChI=1S/C12H23NO4S/c1-3-17-12(14)11-6-5-7-13(10-11)8-9-18(15,16)4-2/h11H,3-10H2,1-2H3/t11-/m0/s1. The quantitative estimate of drug-likeness (QED) is 0.669. The molecular weight excluding hydrogens is 254 g/mol. The largest absolute Gasteiger partial charge is 0.466 e. The molecule has 0 aliphatic carbocycles. The molecule has 0 aromatic heterocycles. The fraction of sp³-hybridized carbons (Fsp3) is 0.917. The Morgan fingerprint density at radius 3 is 2.72 bits per heavy atom. The summed E-state index contributed by atoms with van der Waals surface area (Å²) in [6.45, 7) is 5.87. The van der Waals surface area contributed by atoms with Gasteiger partial charge < -0.3 is 9.64 Å². The van der Waals surface area contributed by atoms with Crippen LogP contribution in [0.4, 0.5) is 0 Å². The Balaban J connectivity index is 2.42. The van der Waals surface area contributed by atoms with Crippen molar-refractivity contribution in [2.24, 2.45) is 5.92 Å². The van der Waals surface area contributed by atoms with Crippen LogP contribution in [0.25, 0.3) is 0 Å². The van der Waals surface area contributed by atoms with E-state index in [0.29, 0.717) is 19.7 Å². The maximum Gasteiger partial charge on any atom is 0.310 e. The normalized spacial score (nSPS) is 21.8. The lowest BCUT2D eigenvalue weighted by molar-refractivity contribution is -0.149. The van der Waals surface area contributed by atoms with E-state index < -0.39 is 9.84 Å². The Kier molecular flexibility index (Phi) is 6.08. The first-order valence-electron chi connectivity index (χ1n) is 6.58. The average Bonchev–Trinajstić information content (AvgIpc) is 2.37. The summed E-state index contributed by atoms with van der Waals surface area (Å²) in [6.07, 6.45) is 1.77. The molecule has 6 heteroatoms. The molecule has 1 rings (SSSR count). The molecule has 0 spiro atoms. The van der Waals surface area contributed by atoms with E-state index in [1.165, 1.54) is 0 Å². The number of likely N-dealkylation sites (tertiary alicyclic amines) is 1. The number of carbonyl (C=O) groups excluding carboxylic acids is 1. The lowest BCUT2D eigenvalue weighted by Gasteiger charge is -2.31. The van der Waals surface area contributed by atoms with Gasteiger partial charge >= 0.3 is 5.97 Å². The predicted octanol–water partition coefficient (Wildman–Crippen LogP) is 0.696. The number of piperidine rings is 1. The predicted molar refractivity (Wildman–Crippen MR) is 70.1 cm³/mol. The number of esters is 1. The summed E-state index contributed by atoms with van der Waals surface area (Å²) in [4.78, 5) is 13.7. The van der Waals surface area contributed by atoms with Crippen molar-refractivity contribution in [1.82, 2.24) is 4.90 Å². The van der Waals surface area contributed by atoms with Crippen LogP contribution in [-0.2, 0) is 19.4 Å². The van der Waals surface area contributed by atoms with E-state index in [0.717, 1.165) is 19.4 Å². The molecule has 18 heavy (non-hydrogen) atoms. The van der Waals surface area contributed by atoms with E-state index >= 15 is 0 Å². The highest BCUT2D eigenvalue weighted by Gasteiger charge is 2.27. The topological polar surface area (TPSA) is 63.7 Å². The van der Waals surface area contributed by atoms with E-state index in [2.05, 4.69) is 4.90 Å². The molecule has 0 aromatic rings. The second-order valence-corrected chi connectivity index (χ2v) is 7.10. The van der Waals surface area contributed by atoms with Crippen LogP contribution >= 0.6 is 0 Å². The first kappa shape index (κ1) is 15.4. The summed E-state index contributed by atoms with van der Waals surface area (Å²) < 4.78 is 27.9. The van der Waals surface area contributed by atoms with Gasteiger partial charge in [0.2, 0.25) is 0 Å². The third-order valence-electron chi connectivity index (χ3n) is 3.28. The van der Waals surface area contributed by atoms with Gasteiger partial charge in [-0.25, -0.2) is 8.42 Å². The molecule has 106 valence electrons. The summed E-state index contributed by atoms with van der Waals surface area (Å²) in [5.74, 6) is 0.116. The van der Waals surface area contributed by atoms with Crippen molar-refractivity contribution >= 4 is 15.8 Å². The molecule has 0 bridgehead atoms. The van der Waals surface area contributed by atoms with Crippen LogP contribution in [0.1, 0.15) is 26.7 Å². The van der Waals surface area contributed by atoms with Crippen molar-refractivity contribution in [3.05, 3.63) is 0 Å². The molecule has 0 N–H and O–H groups in total. The molecular formula is C12H23NO4S. The van der Waals surface area contributed by atoms with Gasteiger partial charge in [-0.1, -0.05) is 6.92 Å². The smallest absolute Gasteiger partial charge is 0.310 e. The molecule has 1 fully saturated rings. The van der Waals surface area contributed by atoms with Crippen LogP contribution in [-0.4, -0.2) is 57.0 Å². The molecule has 1 aliphatic rings. The van der Waals surface area contributed by atoms with Crippen LogP contribution in [0, 0.1) is 5.92 Å². The summed E-state index contributed by atoms with van der Waals surface area (Å²) in [6, 6.07) is 0. The number of rotatable bonds is 6. The lowest BCUT2D eigenvalue weighted by atomic mass is 9.98. The number of hydrogen-bond donors (Lipinski definition) is 0. The molecule has 0 saturated carbocycles. The van der Waals surface area contributed by atoms with Gasteiger partial charge in [-0.2, -0.15) is 0 Å². The van der Waals surface area contributed by atoms with Crippen LogP contribution < -0.4 is 0 Å². The van der Waals surface area contributed by atoms with Gasteiger partial charge in [-0.3, -0.25) is 4.79 Å². The summed E-state index contributed by atoms with van der Waals surface area (Å²) >= 11 is 0. The molecule has 0 amide bonds. The number of hydrogen-bond acceptors (Lipinski definition) is 5. The monoisotopic (exact) mass is 277 g/mol. The molecule has 1 aliphatic heterocycles. The lowest BCUT2D eigenvalue weighted by Crippen LogP contribution is -2.41. The third kappa shape index (κ3) is 4.94. The number of sulfone groups is 1. The number of ether oxygens (including phenoxy) is 1. The SMILES string of the molecule is CCOC(=O)[C@H]1CCCN(CCS(=O)(=O)CC)C1. The van der Waals surface area contributed by atoms with E-state index in [-0.39, 0.29) is 23.4 Å². The second kappa shape index (κ2) is 7.09. The maximum absolute atomic E-state index is 11.6. The Hall–Kier alpha value is -0.620. The highest BCUT2D eigenvalue weighted by Crippen LogP contribution is 2.17. The summed E-state index contributed by atoms with van der Waals surface area (Å²) in [7, 11) is -2.92. The van der Waals surface area contributed by atoms with Gasteiger partial charge in [0.15, 0.2) is 9.84 Å². The summed E-state index contributed by atoms with van der Waals surface area (Å²) in [5.41, 5.74) is 0. The zero-order valence-electron chi connectivity index (χ0n) is 11.2. The maximum atomic E-state index is 11.6. The molecule has 1 saturated heterocycles. The Morgan fingerprint density at radius 1 is 1.39 bits per heavy atom. The Morgan fingerprint density at radius 2 is 2.11 bits per heavy atom.